The molecule has 70 valence electrons. The van der Waals surface area contributed by atoms with Crippen molar-refractivity contribution in [3.63, 3.8) is 0 Å². The zero-order valence-electron chi connectivity index (χ0n) is 8.18. The third kappa shape index (κ3) is 1.27. The molecule has 2 nitrogen and oxygen atoms in total. The summed E-state index contributed by atoms with van der Waals surface area (Å²) in [7, 11) is 0. The minimum Gasteiger partial charge on any atom is -0.377 e. The van der Waals surface area contributed by atoms with E-state index in [9.17, 15) is 0 Å². The van der Waals surface area contributed by atoms with Gasteiger partial charge in [-0.05, 0) is 39.7 Å². The van der Waals surface area contributed by atoms with Crippen LogP contribution in [0.2, 0.25) is 0 Å². The molecule has 0 radical (unpaired) electrons. The Morgan fingerprint density at radius 1 is 1.33 bits per heavy atom. The fourth-order valence-electron chi connectivity index (χ4n) is 2.37. The Bertz CT molecular complexity index is 169. The first-order valence-electron chi connectivity index (χ1n) is 5.10. The maximum Gasteiger partial charge on any atom is 0.0654 e. The van der Waals surface area contributed by atoms with Crippen molar-refractivity contribution in [2.45, 2.75) is 44.8 Å². The molecule has 1 atom stereocenters. The highest BCUT2D eigenvalue weighted by molar-refractivity contribution is 5.03. The Balaban J connectivity index is 1.85. The highest BCUT2D eigenvalue weighted by Gasteiger charge is 2.47. The van der Waals surface area contributed by atoms with Crippen LogP contribution < -0.4 is 0 Å². The summed E-state index contributed by atoms with van der Waals surface area (Å²) in [5, 5.41) is 0. The van der Waals surface area contributed by atoms with Gasteiger partial charge in [-0.2, -0.15) is 0 Å². The van der Waals surface area contributed by atoms with Crippen molar-refractivity contribution in [2.24, 2.45) is 0 Å². The SMILES string of the molecule is CC(C)OC[C@@]12CCCN1CC2. The summed E-state index contributed by atoms with van der Waals surface area (Å²) >= 11 is 0. The van der Waals surface area contributed by atoms with E-state index in [0.717, 1.165) is 6.61 Å². The van der Waals surface area contributed by atoms with Crippen molar-refractivity contribution in [3.8, 4) is 0 Å². The number of fused-ring (bicyclic) bond motifs is 1. The van der Waals surface area contributed by atoms with E-state index in [1.165, 1.54) is 32.4 Å². The average Bonchev–Trinajstić information content (AvgIpc) is 2.25. The van der Waals surface area contributed by atoms with Gasteiger partial charge in [-0.15, -0.1) is 0 Å². The first-order chi connectivity index (χ1) is 5.73. The molecule has 2 saturated heterocycles. The summed E-state index contributed by atoms with van der Waals surface area (Å²) in [6.07, 6.45) is 4.49. The van der Waals surface area contributed by atoms with Gasteiger partial charge in [-0.3, -0.25) is 4.90 Å². The second-order valence-electron chi connectivity index (χ2n) is 4.42. The second-order valence-corrected chi connectivity index (χ2v) is 4.42. The maximum absolute atomic E-state index is 5.71. The lowest BCUT2D eigenvalue weighted by Gasteiger charge is -2.48. The van der Waals surface area contributed by atoms with Gasteiger partial charge in [0.2, 0.25) is 0 Å². The maximum atomic E-state index is 5.71. The van der Waals surface area contributed by atoms with E-state index < -0.39 is 0 Å². The van der Waals surface area contributed by atoms with Crippen LogP contribution in [0.1, 0.15) is 33.1 Å². The summed E-state index contributed by atoms with van der Waals surface area (Å²) in [5.74, 6) is 0. The third-order valence-corrected chi connectivity index (χ3v) is 3.27. The first-order valence-corrected chi connectivity index (χ1v) is 5.10. The summed E-state index contributed by atoms with van der Waals surface area (Å²) < 4.78 is 5.71. The van der Waals surface area contributed by atoms with Gasteiger partial charge < -0.3 is 4.74 Å². The molecule has 0 amide bonds. The number of rotatable bonds is 3. The van der Waals surface area contributed by atoms with Gasteiger partial charge in [0.1, 0.15) is 0 Å². The van der Waals surface area contributed by atoms with Gasteiger partial charge in [0.25, 0.3) is 0 Å². The number of hydrogen-bond acceptors (Lipinski definition) is 2. The molecular weight excluding hydrogens is 150 g/mol. The van der Waals surface area contributed by atoms with Crippen molar-refractivity contribution in [2.75, 3.05) is 19.7 Å². The number of hydrogen-bond donors (Lipinski definition) is 0. The molecule has 12 heavy (non-hydrogen) atoms. The Hall–Kier alpha value is -0.0800. The van der Waals surface area contributed by atoms with Crippen LogP contribution >= 0.6 is 0 Å². The Morgan fingerprint density at radius 3 is 2.67 bits per heavy atom. The molecule has 2 fully saturated rings. The van der Waals surface area contributed by atoms with E-state index >= 15 is 0 Å². The minimum absolute atomic E-state index is 0.391. The van der Waals surface area contributed by atoms with Crippen LogP contribution in [0.25, 0.3) is 0 Å². The van der Waals surface area contributed by atoms with Crippen molar-refractivity contribution in [1.29, 1.82) is 0 Å². The molecule has 0 bridgehead atoms. The van der Waals surface area contributed by atoms with E-state index in [0.29, 0.717) is 11.6 Å². The third-order valence-electron chi connectivity index (χ3n) is 3.27. The molecule has 2 rings (SSSR count). The monoisotopic (exact) mass is 169 g/mol. The largest absolute Gasteiger partial charge is 0.377 e. The highest BCUT2D eigenvalue weighted by Crippen LogP contribution is 2.40. The van der Waals surface area contributed by atoms with Crippen LogP contribution in [0, 0.1) is 0 Å². The first kappa shape index (κ1) is 8.52. The van der Waals surface area contributed by atoms with E-state index in [1.54, 1.807) is 0 Å². The Morgan fingerprint density at radius 2 is 2.17 bits per heavy atom. The van der Waals surface area contributed by atoms with Crippen molar-refractivity contribution in [3.05, 3.63) is 0 Å². The van der Waals surface area contributed by atoms with Crippen LogP contribution in [0.5, 0.6) is 0 Å². The molecular formula is C10H19NO. The molecule has 2 aliphatic rings. The number of ether oxygens (including phenoxy) is 1. The molecule has 0 aromatic rings. The smallest absolute Gasteiger partial charge is 0.0654 e. The highest BCUT2D eigenvalue weighted by atomic mass is 16.5. The summed E-state index contributed by atoms with van der Waals surface area (Å²) in [4.78, 5) is 2.59. The Labute approximate surface area is 74.9 Å². The van der Waals surface area contributed by atoms with Crippen LogP contribution in [0.4, 0.5) is 0 Å². The second kappa shape index (κ2) is 3.00. The molecule has 2 heteroatoms. The normalized spacial score (nSPS) is 35.2. The molecule has 2 heterocycles. The lowest BCUT2D eigenvalue weighted by Crippen LogP contribution is -2.58. The van der Waals surface area contributed by atoms with E-state index in [1.807, 2.05) is 0 Å². The van der Waals surface area contributed by atoms with Crippen LogP contribution in [-0.4, -0.2) is 36.2 Å². The standard InChI is InChI=1S/C10H19NO/c1-9(2)12-8-10-4-3-6-11(10)7-5-10/h9H,3-8H2,1-2H3/t10-/m0/s1. The predicted molar refractivity (Wildman–Crippen MR) is 49.2 cm³/mol. The molecule has 0 aromatic carbocycles. The Kier molecular flexibility index (Phi) is 2.13. The fraction of sp³-hybridized carbons (Fsp3) is 1.00. The number of nitrogens with zero attached hydrogens (tertiary/aromatic N) is 1. The summed E-state index contributed by atoms with van der Waals surface area (Å²) in [5.41, 5.74) is 0.476. The van der Waals surface area contributed by atoms with Crippen molar-refractivity contribution >= 4 is 0 Å². The topological polar surface area (TPSA) is 12.5 Å². The molecule has 0 aromatic heterocycles. The molecule has 0 unspecified atom stereocenters. The van der Waals surface area contributed by atoms with Gasteiger partial charge in [0.05, 0.1) is 12.7 Å². The summed E-state index contributed by atoms with van der Waals surface area (Å²) in [6, 6.07) is 0. The van der Waals surface area contributed by atoms with Crippen LogP contribution in [-0.2, 0) is 4.74 Å². The molecule has 0 aliphatic carbocycles. The van der Waals surface area contributed by atoms with E-state index in [2.05, 4.69) is 18.7 Å². The van der Waals surface area contributed by atoms with Gasteiger partial charge in [0.15, 0.2) is 0 Å². The van der Waals surface area contributed by atoms with Crippen LogP contribution in [0.15, 0.2) is 0 Å². The van der Waals surface area contributed by atoms with E-state index in [-0.39, 0.29) is 0 Å². The zero-order chi connectivity index (χ0) is 8.60. The van der Waals surface area contributed by atoms with Crippen molar-refractivity contribution in [1.82, 2.24) is 4.90 Å². The average molecular weight is 169 g/mol. The molecule has 0 saturated carbocycles. The van der Waals surface area contributed by atoms with Gasteiger partial charge in [-0.1, -0.05) is 0 Å². The molecule has 0 spiro atoms. The summed E-state index contributed by atoms with van der Waals surface area (Å²) in [6.45, 7) is 7.82. The van der Waals surface area contributed by atoms with Gasteiger partial charge >= 0.3 is 0 Å². The lowest BCUT2D eigenvalue weighted by molar-refractivity contribution is -0.0647. The predicted octanol–water partition coefficient (Wildman–Crippen LogP) is 1.65. The van der Waals surface area contributed by atoms with Crippen molar-refractivity contribution < 1.29 is 4.74 Å². The quantitative estimate of drug-likeness (QED) is 0.637. The van der Waals surface area contributed by atoms with E-state index in [4.69, 9.17) is 4.74 Å². The molecule has 0 N–H and O–H groups in total. The molecule has 2 aliphatic heterocycles. The zero-order valence-corrected chi connectivity index (χ0v) is 8.18. The van der Waals surface area contributed by atoms with Gasteiger partial charge in [0, 0.05) is 12.1 Å². The minimum atomic E-state index is 0.391. The van der Waals surface area contributed by atoms with Crippen LogP contribution in [0.3, 0.4) is 0 Å². The lowest BCUT2D eigenvalue weighted by atomic mass is 9.86. The van der Waals surface area contributed by atoms with Gasteiger partial charge in [-0.25, -0.2) is 0 Å². The fourth-order valence-corrected chi connectivity index (χ4v) is 2.37.